The standard InChI is InChI=1S/C29H25N3O6/c1-29(2,3)38-28(35)19-14-15-6-5-7-18-23(30-11-12-32(19)24(15)18)22-21(26(33)31-27(22)34)17-8-9-20(36-4)16-10-13-37-25(16)17/h5-13,19H,14H2,1-4H3,(H,31,33,34). The molecule has 2 aromatic carbocycles. The molecule has 0 spiro atoms. The van der Waals surface area contributed by atoms with E-state index in [0.29, 0.717) is 40.0 Å². The smallest absolute Gasteiger partial charge is 0.329 e. The molecule has 1 N–H and O–H groups in total. The van der Waals surface area contributed by atoms with E-state index in [9.17, 15) is 14.4 Å². The maximum absolute atomic E-state index is 13.3. The third-order valence-electron chi connectivity index (χ3n) is 6.73. The Bertz CT molecular complexity index is 1640. The van der Waals surface area contributed by atoms with Crippen molar-refractivity contribution in [2.24, 2.45) is 4.99 Å². The molecule has 3 aromatic rings. The Morgan fingerprint density at radius 3 is 2.63 bits per heavy atom. The Kier molecular flexibility index (Phi) is 5.27. The molecule has 1 unspecified atom stereocenters. The van der Waals surface area contributed by atoms with Crippen LogP contribution >= 0.6 is 0 Å². The number of fused-ring (bicyclic) bond motifs is 1. The van der Waals surface area contributed by atoms with Crippen LogP contribution in [0.25, 0.3) is 16.5 Å². The van der Waals surface area contributed by atoms with Crippen molar-refractivity contribution in [2.75, 3.05) is 12.0 Å². The van der Waals surface area contributed by atoms with Crippen LogP contribution in [0.5, 0.6) is 5.75 Å². The molecule has 1 atom stereocenters. The lowest BCUT2D eigenvalue weighted by Gasteiger charge is -2.27. The lowest BCUT2D eigenvalue weighted by molar-refractivity contribution is -0.156. The van der Waals surface area contributed by atoms with Crippen molar-refractivity contribution >= 4 is 45.7 Å². The van der Waals surface area contributed by atoms with Crippen LogP contribution in [0.4, 0.5) is 5.69 Å². The van der Waals surface area contributed by atoms with Gasteiger partial charge in [-0.2, -0.15) is 0 Å². The summed E-state index contributed by atoms with van der Waals surface area (Å²) >= 11 is 0. The average molecular weight is 512 g/mol. The highest BCUT2D eigenvalue weighted by molar-refractivity contribution is 6.48. The molecule has 6 rings (SSSR count). The second kappa shape index (κ2) is 8.44. The minimum atomic E-state index is -0.635. The van der Waals surface area contributed by atoms with Gasteiger partial charge in [0.25, 0.3) is 11.8 Å². The molecular formula is C29H25N3O6. The van der Waals surface area contributed by atoms with Crippen molar-refractivity contribution in [3.63, 3.8) is 0 Å². The zero-order chi connectivity index (χ0) is 26.8. The van der Waals surface area contributed by atoms with Crippen LogP contribution in [0.2, 0.25) is 0 Å². The Morgan fingerprint density at radius 1 is 1.08 bits per heavy atom. The van der Waals surface area contributed by atoms with Crippen LogP contribution in [0, 0.1) is 0 Å². The van der Waals surface area contributed by atoms with E-state index in [-0.39, 0.29) is 17.1 Å². The number of anilines is 1. The molecule has 4 heterocycles. The first-order valence-electron chi connectivity index (χ1n) is 12.2. The van der Waals surface area contributed by atoms with E-state index in [1.54, 1.807) is 37.7 Å². The summed E-state index contributed by atoms with van der Waals surface area (Å²) in [6.45, 7) is 5.49. The van der Waals surface area contributed by atoms with Gasteiger partial charge >= 0.3 is 5.97 Å². The summed E-state index contributed by atoms with van der Waals surface area (Å²) in [5, 5.41) is 3.11. The van der Waals surface area contributed by atoms with Gasteiger partial charge in [0.15, 0.2) is 0 Å². The van der Waals surface area contributed by atoms with Crippen molar-refractivity contribution in [1.82, 2.24) is 5.32 Å². The molecule has 0 radical (unpaired) electrons. The number of amides is 2. The number of carbonyl (C=O) groups excluding carboxylic acids is 3. The first-order chi connectivity index (χ1) is 18.2. The van der Waals surface area contributed by atoms with Gasteiger partial charge in [0.2, 0.25) is 0 Å². The van der Waals surface area contributed by atoms with Gasteiger partial charge in [0, 0.05) is 29.9 Å². The predicted molar refractivity (Wildman–Crippen MR) is 141 cm³/mol. The summed E-state index contributed by atoms with van der Waals surface area (Å²) in [5.74, 6) is -0.857. The maximum atomic E-state index is 13.3. The van der Waals surface area contributed by atoms with E-state index >= 15 is 0 Å². The summed E-state index contributed by atoms with van der Waals surface area (Å²) in [6.07, 6.45) is 5.21. The lowest BCUT2D eigenvalue weighted by atomic mass is 9.92. The van der Waals surface area contributed by atoms with Crippen LogP contribution < -0.4 is 15.0 Å². The minimum absolute atomic E-state index is 0.137. The molecule has 38 heavy (non-hydrogen) atoms. The van der Waals surface area contributed by atoms with Gasteiger partial charge in [-0.1, -0.05) is 18.2 Å². The highest BCUT2D eigenvalue weighted by Gasteiger charge is 2.42. The monoisotopic (exact) mass is 511 g/mol. The second-order valence-electron chi connectivity index (χ2n) is 10.3. The summed E-state index contributed by atoms with van der Waals surface area (Å²) < 4.78 is 16.8. The molecular weight excluding hydrogens is 486 g/mol. The number of benzene rings is 2. The zero-order valence-corrected chi connectivity index (χ0v) is 21.3. The summed E-state index contributed by atoms with van der Waals surface area (Å²) in [4.78, 5) is 46.0. The summed E-state index contributed by atoms with van der Waals surface area (Å²) in [5.41, 5.74) is 3.20. The zero-order valence-electron chi connectivity index (χ0n) is 21.3. The normalized spacial score (nSPS) is 18.5. The topological polar surface area (TPSA) is 110 Å². The number of hydrogen-bond acceptors (Lipinski definition) is 8. The number of nitrogens with one attached hydrogen (secondary N) is 1. The molecule has 0 bridgehead atoms. The van der Waals surface area contributed by atoms with Crippen molar-refractivity contribution < 1.29 is 28.3 Å². The Balaban J connectivity index is 1.51. The van der Waals surface area contributed by atoms with Gasteiger partial charge in [-0.05, 0) is 44.5 Å². The number of methoxy groups -OCH3 is 1. The first kappa shape index (κ1) is 23.7. The molecule has 0 fully saturated rings. The quantitative estimate of drug-likeness (QED) is 0.418. The fourth-order valence-corrected chi connectivity index (χ4v) is 5.26. The molecule has 0 saturated heterocycles. The van der Waals surface area contributed by atoms with E-state index in [0.717, 1.165) is 11.3 Å². The number of imide groups is 1. The summed E-state index contributed by atoms with van der Waals surface area (Å²) in [7, 11) is 1.55. The molecule has 0 saturated carbocycles. The molecule has 2 amide bonds. The predicted octanol–water partition coefficient (Wildman–Crippen LogP) is 3.90. The minimum Gasteiger partial charge on any atom is -0.496 e. The van der Waals surface area contributed by atoms with Crippen molar-refractivity contribution in [1.29, 1.82) is 0 Å². The fraction of sp³-hybridized carbons (Fsp3) is 0.241. The van der Waals surface area contributed by atoms with E-state index in [1.807, 2.05) is 43.9 Å². The van der Waals surface area contributed by atoms with E-state index in [2.05, 4.69) is 10.3 Å². The first-order valence-corrected chi connectivity index (χ1v) is 12.2. The van der Waals surface area contributed by atoms with Gasteiger partial charge in [-0.25, -0.2) is 4.79 Å². The highest BCUT2D eigenvalue weighted by atomic mass is 16.6. The maximum Gasteiger partial charge on any atom is 0.329 e. The van der Waals surface area contributed by atoms with E-state index in [1.165, 1.54) is 6.26 Å². The number of hydrogen-bond donors (Lipinski definition) is 1. The molecule has 3 aliphatic heterocycles. The molecule has 0 aliphatic carbocycles. The van der Waals surface area contributed by atoms with E-state index < -0.39 is 23.5 Å². The fourth-order valence-electron chi connectivity index (χ4n) is 5.26. The number of rotatable bonds is 4. The highest BCUT2D eigenvalue weighted by Crippen LogP contribution is 2.42. The SMILES string of the molecule is COc1ccc(C2=C(C3=NC=CN4c5c(cccc53)CC4C(=O)OC(C)(C)C)C(=O)NC2=O)c2occc12. The van der Waals surface area contributed by atoms with Gasteiger partial charge in [0.1, 0.15) is 23.0 Å². The Morgan fingerprint density at radius 2 is 1.87 bits per heavy atom. The largest absolute Gasteiger partial charge is 0.496 e. The van der Waals surface area contributed by atoms with Gasteiger partial charge in [0.05, 0.1) is 41.3 Å². The van der Waals surface area contributed by atoms with E-state index in [4.69, 9.17) is 13.9 Å². The Labute approximate surface area is 218 Å². The van der Waals surface area contributed by atoms with Gasteiger partial charge in [-0.3, -0.25) is 19.9 Å². The van der Waals surface area contributed by atoms with Crippen LogP contribution in [0.1, 0.15) is 37.5 Å². The van der Waals surface area contributed by atoms with Crippen molar-refractivity contribution in [3.8, 4) is 5.75 Å². The van der Waals surface area contributed by atoms with Crippen molar-refractivity contribution in [3.05, 3.63) is 77.3 Å². The lowest BCUT2D eigenvalue weighted by Crippen LogP contribution is -2.40. The summed E-state index contributed by atoms with van der Waals surface area (Å²) in [6, 6.07) is 10.2. The molecule has 9 heteroatoms. The molecule has 9 nitrogen and oxygen atoms in total. The van der Waals surface area contributed by atoms with Gasteiger partial charge < -0.3 is 18.8 Å². The number of esters is 1. The van der Waals surface area contributed by atoms with Crippen molar-refractivity contribution in [2.45, 2.75) is 38.8 Å². The second-order valence-corrected chi connectivity index (χ2v) is 10.3. The van der Waals surface area contributed by atoms with Crippen LogP contribution in [-0.4, -0.2) is 42.2 Å². The van der Waals surface area contributed by atoms with Gasteiger partial charge in [-0.15, -0.1) is 0 Å². The number of furan rings is 1. The van der Waals surface area contributed by atoms with Crippen LogP contribution in [0.3, 0.4) is 0 Å². The molecule has 3 aliphatic rings. The third kappa shape index (κ3) is 3.61. The number of aliphatic imine (C=N–C) groups is 1. The number of para-hydroxylation sites is 1. The number of ether oxygens (including phenoxy) is 2. The average Bonchev–Trinajstić information content (AvgIpc) is 3.52. The van der Waals surface area contributed by atoms with Crippen LogP contribution in [-0.2, 0) is 25.5 Å². The Hall–Kier alpha value is -4.66. The third-order valence-corrected chi connectivity index (χ3v) is 6.73. The van der Waals surface area contributed by atoms with Crippen LogP contribution in [0.15, 0.2) is 70.0 Å². The number of nitrogens with zero attached hydrogens (tertiary/aromatic N) is 2. The molecule has 192 valence electrons. The molecule has 1 aromatic heterocycles. The number of carbonyl (C=O) groups is 3.